The summed E-state index contributed by atoms with van der Waals surface area (Å²) in [4.78, 5) is 13.0. The zero-order valence-electron chi connectivity index (χ0n) is 16.7. The van der Waals surface area contributed by atoms with Gasteiger partial charge in [-0.25, -0.2) is 8.42 Å². The van der Waals surface area contributed by atoms with Gasteiger partial charge >= 0.3 is 0 Å². The highest BCUT2D eigenvalue weighted by molar-refractivity contribution is 7.92. The number of carbonyl (C=O) groups is 1. The molecule has 0 radical (unpaired) electrons. The van der Waals surface area contributed by atoms with Crippen LogP contribution in [0.5, 0.6) is 5.75 Å². The Hall–Kier alpha value is -3.54. The van der Waals surface area contributed by atoms with Crippen LogP contribution in [0.1, 0.15) is 5.56 Å². The maximum absolute atomic E-state index is 13.4. The second-order valence-electron chi connectivity index (χ2n) is 7.09. The summed E-state index contributed by atoms with van der Waals surface area (Å²) in [6.07, 6.45) is -0.792. The first-order chi connectivity index (χ1) is 15.4. The minimum atomic E-state index is -3.96. The fourth-order valence-electron chi connectivity index (χ4n) is 3.32. The number of nitrogens with zero attached hydrogens (tertiary/aromatic N) is 2. The number of amides is 1. The number of hydrogen-bond donors (Lipinski definition) is 1. The molecule has 3 aromatic carbocycles. The molecule has 0 aromatic heterocycles. The molecule has 32 heavy (non-hydrogen) atoms. The molecule has 1 heterocycles. The van der Waals surface area contributed by atoms with Crippen LogP contribution in [0.4, 0.5) is 11.4 Å². The van der Waals surface area contributed by atoms with Gasteiger partial charge in [0, 0.05) is 10.7 Å². The molecule has 0 bridgehead atoms. The molecular formula is C23H18ClN3O4S. The lowest BCUT2D eigenvalue weighted by atomic mass is 10.1. The molecule has 1 amide bonds. The van der Waals surface area contributed by atoms with Crippen LogP contribution in [0.15, 0.2) is 77.7 Å². The summed E-state index contributed by atoms with van der Waals surface area (Å²) in [5.74, 6) is -0.190. The monoisotopic (exact) mass is 467 g/mol. The van der Waals surface area contributed by atoms with Gasteiger partial charge in [0.15, 0.2) is 6.10 Å². The minimum Gasteiger partial charge on any atom is -0.476 e. The fraction of sp³-hybridized carbons (Fsp3) is 0.130. The number of para-hydroxylation sites is 2. The van der Waals surface area contributed by atoms with E-state index in [-0.39, 0.29) is 17.9 Å². The molecule has 1 aliphatic rings. The number of nitriles is 1. The first-order valence-electron chi connectivity index (χ1n) is 9.69. The van der Waals surface area contributed by atoms with Crippen molar-refractivity contribution >= 4 is 38.9 Å². The second-order valence-corrected chi connectivity index (χ2v) is 9.38. The van der Waals surface area contributed by atoms with Gasteiger partial charge in [0.25, 0.3) is 15.9 Å². The SMILES string of the molecule is N#CCc1ccc(NC(=O)[C@@H]2CN(S(=O)(=O)c3ccc(Cl)cc3)c3ccccc3O2)cc1. The molecule has 1 atom stereocenters. The molecule has 0 fully saturated rings. The molecule has 0 saturated heterocycles. The Morgan fingerprint density at radius 2 is 1.78 bits per heavy atom. The first-order valence-corrected chi connectivity index (χ1v) is 11.5. The normalized spacial score (nSPS) is 15.2. The summed E-state index contributed by atoms with van der Waals surface area (Å²) in [6, 6.07) is 21.4. The van der Waals surface area contributed by atoms with Crippen molar-refractivity contribution in [1.82, 2.24) is 0 Å². The fourth-order valence-corrected chi connectivity index (χ4v) is 4.92. The van der Waals surface area contributed by atoms with E-state index in [0.29, 0.717) is 22.1 Å². The Balaban J connectivity index is 1.61. The minimum absolute atomic E-state index is 0.0610. The maximum Gasteiger partial charge on any atom is 0.267 e. The molecule has 0 saturated carbocycles. The van der Waals surface area contributed by atoms with E-state index in [0.717, 1.165) is 5.56 Å². The van der Waals surface area contributed by atoms with Crippen molar-refractivity contribution in [3.63, 3.8) is 0 Å². The van der Waals surface area contributed by atoms with E-state index in [9.17, 15) is 13.2 Å². The van der Waals surface area contributed by atoms with Gasteiger partial charge in [-0.2, -0.15) is 5.26 Å². The first kappa shape index (κ1) is 21.7. The van der Waals surface area contributed by atoms with Crippen LogP contribution in [0, 0.1) is 11.3 Å². The molecule has 0 spiro atoms. The molecule has 162 valence electrons. The van der Waals surface area contributed by atoms with Crippen LogP contribution in [0.25, 0.3) is 0 Å². The highest BCUT2D eigenvalue weighted by atomic mass is 35.5. The smallest absolute Gasteiger partial charge is 0.267 e. The van der Waals surface area contributed by atoms with E-state index < -0.39 is 22.0 Å². The number of sulfonamides is 1. The Morgan fingerprint density at radius 1 is 1.09 bits per heavy atom. The third kappa shape index (κ3) is 4.40. The van der Waals surface area contributed by atoms with Crippen molar-refractivity contribution in [1.29, 1.82) is 5.26 Å². The highest BCUT2D eigenvalue weighted by Gasteiger charge is 2.37. The van der Waals surface area contributed by atoms with Crippen molar-refractivity contribution in [3.8, 4) is 11.8 Å². The van der Waals surface area contributed by atoms with Gasteiger partial charge in [0.05, 0.1) is 29.6 Å². The molecule has 1 aliphatic heterocycles. The van der Waals surface area contributed by atoms with E-state index in [1.165, 1.54) is 28.6 Å². The summed E-state index contributed by atoms with van der Waals surface area (Å²) < 4.78 is 33.7. The molecule has 9 heteroatoms. The molecule has 4 rings (SSSR count). The van der Waals surface area contributed by atoms with Crippen molar-refractivity contribution in [2.45, 2.75) is 17.4 Å². The van der Waals surface area contributed by atoms with Crippen molar-refractivity contribution < 1.29 is 17.9 Å². The van der Waals surface area contributed by atoms with Crippen LogP contribution < -0.4 is 14.4 Å². The number of carbonyl (C=O) groups excluding carboxylic acids is 1. The Morgan fingerprint density at radius 3 is 2.47 bits per heavy atom. The van der Waals surface area contributed by atoms with Gasteiger partial charge in [0.1, 0.15) is 5.75 Å². The van der Waals surface area contributed by atoms with E-state index in [4.69, 9.17) is 21.6 Å². The van der Waals surface area contributed by atoms with Crippen molar-refractivity contribution in [2.24, 2.45) is 0 Å². The predicted molar refractivity (Wildman–Crippen MR) is 121 cm³/mol. The topological polar surface area (TPSA) is 99.5 Å². The van der Waals surface area contributed by atoms with Crippen LogP contribution in [-0.2, 0) is 21.2 Å². The number of nitrogens with one attached hydrogen (secondary N) is 1. The zero-order chi connectivity index (χ0) is 22.7. The molecule has 7 nitrogen and oxygen atoms in total. The van der Waals surface area contributed by atoms with Gasteiger partial charge in [-0.3, -0.25) is 9.10 Å². The number of ether oxygens (including phenoxy) is 1. The largest absolute Gasteiger partial charge is 0.476 e. The molecule has 0 unspecified atom stereocenters. The van der Waals surface area contributed by atoms with E-state index >= 15 is 0 Å². The summed E-state index contributed by atoms with van der Waals surface area (Å²) in [5.41, 5.74) is 1.70. The molecule has 1 N–H and O–H groups in total. The maximum atomic E-state index is 13.4. The molecular weight excluding hydrogens is 450 g/mol. The average Bonchev–Trinajstić information content (AvgIpc) is 2.80. The highest BCUT2D eigenvalue weighted by Crippen LogP contribution is 2.37. The van der Waals surface area contributed by atoms with E-state index in [1.54, 1.807) is 48.5 Å². The summed E-state index contributed by atoms with van der Waals surface area (Å²) >= 11 is 5.90. The Kier molecular flexibility index (Phi) is 6.04. The second kappa shape index (κ2) is 8.91. The van der Waals surface area contributed by atoms with Crippen LogP contribution in [0.2, 0.25) is 5.02 Å². The zero-order valence-corrected chi connectivity index (χ0v) is 18.3. The predicted octanol–water partition coefficient (Wildman–Crippen LogP) is 4.00. The summed E-state index contributed by atoms with van der Waals surface area (Å²) in [7, 11) is -3.96. The summed E-state index contributed by atoms with van der Waals surface area (Å²) in [6.45, 7) is -0.194. The number of fused-ring (bicyclic) bond motifs is 1. The molecule has 0 aliphatic carbocycles. The lowest BCUT2D eigenvalue weighted by Gasteiger charge is -2.34. The number of anilines is 2. The number of hydrogen-bond acceptors (Lipinski definition) is 5. The van der Waals surface area contributed by atoms with Crippen molar-refractivity contribution in [3.05, 3.63) is 83.4 Å². The quantitative estimate of drug-likeness (QED) is 0.611. The summed E-state index contributed by atoms with van der Waals surface area (Å²) in [5, 5.41) is 11.9. The van der Waals surface area contributed by atoms with E-state index in [2.05, 4.69) is 11.4 Å². The van der Waals surface area contributed by atoms with Gasteiger partial charge < -0.3 is 10.1 Å². The standard InChI is InChI=1S/C23H18ClN3O4S/c24-17-7-11-19(12-8-17)32(29,30)27-15-22(31-21-4-2-1-3-20(21)27)23(28)26-18-9-5-16(6-10-18)13-14-25/h1-12,22H,13,15H2,(H,26,28)/t22-/m0/s1. The number of rotatable bonds is 5. The van der Waals surface area contributed by atoms with Crippen molar-refractivity contribution in [2.75, 3.05) is 16.2 Å². The molecule has 3 aromatic rings. The Labute approximate surface area is 190 Å². The Bertz CT molecular complexity index is 1290. The van der Waals surface area contributed by atoms with Crippen LogP contribution in [0.3, 0.4) is 0 Å². The third-order valence-corrected chi connectivity index (χ3v) is 6.98. The van der Waals surface area contributed by atoms with Gasteiger partial charge in [-0.1, -0.05) is 35.9 Å². The van der Waals surface area contributed by atoms with Crippen LogP contribution >= 0.6 is 11.6 Å². The lowest BCUT2D eigenvalue weighted by Crippen LogP contribution is -2.48. The number of benzene rings is 3. The number of halogens is 1. The van der Waals surface area contributed by atoms with Gasteiger partial charge in [-0.15, -0.1) is 0 Å². The van der Waals surface area contributed by atoms with Gasteiger partial charge in [-0.05, 0) is 54.1 Å². The lowest BCUT2D eigenvalue weighted by molar-refractivity contribution is -0.122. The van der Waals surface area contributed by atoms with E-state index in [1.807, 2.05) is 0 Å². The van der Waals surface area contributed by atoms with Crippen LogP contribution in [-0.4, -0.2) is 27.0 Å². The van der Waals surface area contributed by atoms with Gasteiger partial charge in [0.2, 0.25) is 0 Å². The average molecular weight is 468 g/mol. The third-order valence-electron chi connectivity index (χ3n) is 4.93.